The van der Waals surface area contributed by atoms with Gasteiger partial charge in [0.05, 0.1) is 11.4 Å². The van der Waals surface area contributed by atoms with Crippen LogP contribution in [0.1, 0.15) is 23.5 Å². The van der Waals surface area contributed by atoms with E-state index >= 15 is 0 Å². The van der Waals surface area contributed by atoms with E-state index in [-0.39, 0.29) is 37.7 Å². The molecule has 144 valence electrons. The van der Waals surface area contributed by atoms with Crippen LogP contribution >= 0.6 is 0 Å². The van der Waals surface area contributed by atoms with E-state index in [1.165, 1.54) is 18.1 Å². The summed E-state index contributed by atoms with van der Waals surface area (Å²) < 4.78 is 30.1. The zero-order valence-electron chi connectivity index (χ0n) is 14.9. The number of likely N-dealkylation sites (tertiary alicyclic amines) is 1. The van der Waals surface area contributed by atoms with E-state index in [4.69, 9.17) is 4.42 Å². The number of hydrogen-bond donors (Lipinski definition) is 1. The van der Waals surface area contributed by atoms with Crippen molar-refractivity contribution in [2.24, 2.45) is 0 Å². The Balaban J connectivity index is 1.62. The van der Waals surface area contributed by atoms with E-state index in [2.05, 4.69) is 10.3 Å². The Labute approximate surface area is 157 Å². The Kier molecular flexibility index (Phi) is 5.59. The van der Waals surface area contributed by atoms with Gasteiger partial charge in [0.2, 0.25) is 5.91 Å². The molecule has 0 aliphatic carbocycles. The molecule has 1 fully saturated rings. The second-order valence-electron chi connectivity index (χ2n) is 6.37. The lowest BCUT2D eigenvalue weighted by Gasteiger charge is -2.30. The molecule has 0 saturated carbocycles. The summed E-state index contributed by atoms with van der Waals surface area (Å²) in [5.41, 5.74) is 0.822. The molecule has 1 aliphatic heterocycles. The highest BCUT2D eigenvalue weighted by molar-refractivity contribution is 7.92. The molecule has 0 spiro atoms. The van der Waals surface area contributed by atoms with Crippen LogP contribution in [0.5, 0.6) is 0 Å². The summed E-state index contributed by atoms with van der Waals surface area (Å²) in [5.74, 6) is -0.925. The molecule has 1 N–H and O–H groups in total. The molecule has 0 unspecified atom stereocenters. The first-order valence-electron chi connectivity index (χ1n) is 8.63. The summed E-state index contributed by atoms with van der Waals surface area (Å²) in [6, 6.07) is 9.33. The third-order valence-corrected chi connectivity index (χ3v) is 6.75. The quantitative estimate of drug-likeness (QED) is 0.818. The molecule has 2 amide bonds. The summed E-state index contributed by atoms with van der Waals surface area (Å²) in [7, 11) is -2.13. The van der Waals surface area contributed by atoms with E-state index < -0.39 is 26.7 Å². The molecule has 0 bridgehead atoms. The number of carbonyl (C=O) groups is 2. The van der Waals surface area contributed by atoms with E-state index in [1.807, 2.05) is 30.3 Å². The number of aromatic nitrogens is 1. The van der Waals surface area contributed by atoms with E-state index in [0.717, 1.165) is 5.56 Å². The molecule has 0 radical (unpaired) electrons. The first-order chi connectivity index (χ1) is 12.9. The number of sulfone groups is 1. The number of nitrogens with one attached hydrogen (secondary N) is 1. The normalized spacial score (nSPS) is 15.5. The van der Waals surface area contributed by atoms with Crippen LogP contribution in [-0.4, -0.2) is 61.3 Å². The van der Waals surface area contributed by atoms with Gasteiger partial charge in [-0.05, 0) is 12.8 Å². The third kappa shape index (κ3) is 4.36. The minimum Gasteiger partial charge on any atom is -0.432 e. The van der Waals surface area contributed by atoms with Crippen molar-refractivity contribution in [3.05, 3.63) is 42.4 Å². The van der Waals surface area contributed by atoms with Crippen LogP contribution in [0.3, 0.4) is 0 Å². The van der Waals surface area contributed by atoms with Crippen LogP contribution in [0.15, 0.2) is 40.9 Å². The molecule has 2 heterocycles. The molecule has 8 nitrogen and oxygen atoms in total. The Morgan fingerprint density at radius 2 is 1.89 bits per heavy atom. The van der Waals surface area contributed by atoms with E-state index in [9.17, 15) is 18.0 Å². The lowest BCUT2D eigenvalue weighted by Crippen LogP contribution is -2.44. The summed E-state index contributed by atoms with van der Waals surface area (Å²) in [5, 5.41) is 1.70. The monoisotopic (exact) mass is 391 g/mol. The zero-order valence-corrected chi connectivity index (χ0v) is 15.7. The molecule has 27 heavy (non-hydrogen) atoms. The number of benzene rings is 1. The van der Waals surface area contributed by atoms with Gasteiger partial charge in [0.15, 0.2) is 15.6 Å². The van der Waals surface area contributed by atoms with Gasteiger partial charge < -0.3 is 14.6 Å². The Morgan fingerprint density at radius 3 is 2.52 bits per heavy atom. The lowest BCUT2D eigenvalue weighted by molar-refractivity contribution is -0.118. The van der Waals surface area contributed by atoms with Crippen molar-refractivity contribution in [1.82, 2.24) is 15.2 Å². The molecule has 1 aromatic heterocycles. The van der Waals surface area contributed by atoms with Crippen LogP contribution in [0.25, 0.3) is 11.3 Å². The second-order valence-corrected chi connectivity index (χ2v) is 8.65. The maximum Gasteiger partial charge on any atom is 0.309 e. The van der Waals surface area contributed by atoms with Gasteiger partial charge >= 0.3 is 5.91 Å². The number of carbonyl (C=O) groups excluding carboxylic acids is 2. The minimum atomic E-state index is -3.53. The fraction of sp³-hybridized carbons (Fsp3) is 0.389. The second kappa shape index (κ2) is 7.91. The fourth-order valence-corrected chi connectivity index (χ4v) is 4.71. The summed E-state index contributed by atoms with van der Waals surface area (Å²) in [4.78, 5) is 29.5. The Morgan fingerprint density at radius 1 is 1.22 bits per heavy atom. The smallest absolute Gasteiger partial charge is 0.309 e. The SMILES string of the molecule is CNC(=O)CS(=O)(=O)C1CCN(C(=O)c2ncc(-c3ccccc3)o2)CC1. The number of oxazole rings is 1. The Hall–Kier alpha value is -2.68. The van der Waals surface area contributed by atoms with Gasteiger partial charge in [-0.1, -0.05) is 30.3 Å². The molecule has 1 aromatic carbocycles. The zero-order chi connectivity index (χ0) is 19.4. The summed E-state index contributed by atoms with van der Waals surface area (Å²) in [6.07, 6.45) is 2.08. The lowest BCUT2D eigenvalue weighted by atomic mass is 10.1. The van der Waals surface area contributed by atoms with Gasteiger partial charge in [0, 0.05) is 25.7 Å². The fourth-order valence-electron chi connectivity index (χ4n) is 3.03. The molecule has 2 aromatic rings. The van der Waals surface area contributed by atoms with Crippen molar-refractivity contribution in [3.8, 4) is 11.3 Å². The topological polar surface area (TPSA) is 110 Å². The van der Waals surface area contributed by atoms with E-state index in [0.29, 0.717) is 5.76 Å². The number of piperidine rings is 1. The van der Waals surface area contributed by atoms with Crippen molar-refractivity contribution < 1.29 is 22.4 Å². The van der Waals surface area contributed by atoms with Crippen LogP contribution in [-0.2, 0) is 14.6 Å². The van der Waals surface area contributed by atoms with Crippen molar-refractivity contribution in [2.75, 3.05) is 25.9 Å². The van der Waals surface area contributed by atoms with Gasteiger partial charge in [-0.2, -0.15) is 0 Å². The molecule has 1 saturated heterocycles. The first-order valence-corrected chi connectivity index (χ1v) is 10.3. The van der Waals surface area contributed by atoms with Gasteiger partial charge in [0.1, 0.15) is 5.75 Å². The van der Waals surface area contributed by atoms with Crippen molar-refractivity contribution in [2.45, 2.75) is 18.1 Å². The highest BCUT2D eigenvalue weighted by atomic mass is 32.2. The molecular formula is C18H21N3O5S. The number of amides is 2. The molecule has 3 rings (SSSR count). The largest absolute Gasteiger partial charge is 0.432 e. The summed E-state index contributed by atoms with van der Waals surface area (Å²) >= 11 is 0. The average molecular weight is 391 g/mol. The molecular weight excluding hydrogens is 370 g/mol. The number of rotatable bonds is 5. The highest BCUT2D eigenvalue weighted by Gasteiger charge is 2.34. The number of hydrogen-bond acceptors (Lipinski definition) is 6. The number of nitrogens with zero attached hydrogens (tertiary/aromatic N) is 2. The van der Waals surface area contributed by atoms with Gasteiger partial charge in [0.25, 0.3) is 5.89 Å². The van der Waals surface area contributed by atoms with Crippen molar-refractivity contribution in [1.29, 1.82) is 0 Å². The third-order valence-electron chi connectivity index (χ3n) is 4.60. The standard InChI is InChI=1S/C18H21N3O5S/c1-19-16(22)12-27(24,25)14-7-9-21(10-8-14)18(23)17-20-11-15(26-17)13-5-3-2-4-6-13/h2-6,11,14H,7-10,12H2,1H3,(H,19,22). The molecule has 1 aliphatic rings. The van der Waals surface area contributed by atoms with Crippen molar-refractivity contribution >= 4 is 21.7 Å². The summed E-state index contributed by atoms with van der Waals surface area (Å²) in [6.45, 7) is 0.555. The first kappa shape index (κ1) is 19.1. The maximum atomic E-state index is 12.6. The Bertz CT molecular complexity index is 915. The van der Waals surface area contributed by atoms with Gasteiger partial charge in [-0.15, -0.1) is 0 Å². The minimum absolute atomic E-state index is 0.0134. The van der Waals surface area contributed by atoms with Gasteiger partial charge in [-0.3, -0.25) is 9.59 Å². The van der Waals surface area contributed by atoms with E-state index in [1.54, 1.807) is 0 Å². The maximum absolute atomic E-state index is 12.6. The van der Waals surface area contributed by atoms with Crippen LogP contribution < -0.4 is 5.32 Å². The predicted octanol–water partition coefficient (Wildman–Crippen LogP) is 1.11. The van der Waals surface area contributed by atoms with Crippen LogP contribution in [0, 0.1) is 0 Å². The van der Waals surface area contributed by atoms with Crippen molar-refractivity contribution in [3.63, 3.8) is 0 Å². The molecule has 9 heteroatoms. The average Bonchev–Trinajstić information content (AvgIpc) is 3.18. The van der Waals surface area contributed by atoms with Crippen LogP contribution in [0.2, 0.25) is 0 Å². The predicted molar refractivity (Wildman–Crippen MR) is 98.7 cm³/mol. The van der Waals surface area contributed by atoms with Gasteiger partial charge in [-0.25, -0.2) is 13.4 Å². The molecule has 0 atom stereocenters. The van der Waals surface area contributed by atoms with Crippen LogP contribution in [0.4, 0.5) is 0 Å². The highest BCUT2D eigenvalue weighted by Crippen LogP contribution is 2.23.